The van der Waals surface area contributed by atoms with Gasteiger partial charge in [-0.25, -0.2) is 9.78 Å². The molecule has 1 fully saturated rings. The molecule has 1 aliphatic rings. The molecule has 1 unspecified atom stereocenters. The molecule has 3 heterocycles. The molecule has 4 rings (SSSR count). The first-order chi connectivity index (χ1) is 15.7. The zero-order valence-corrected chi connectivity index (χ0v) is 16.9. The third kappa shape index (κ3) is 5.42. The first-order valence-corrected chi connectivity index (χ1v) is 9.78. The molecular weight excluding hydrogens is 447 g/mol. The van der Waals surface area contributed by atoms with Crippen molar-refractivity contribution in [2.75, 3.05) is 6.54 Å². The fourth-order valence-corrected chi connectivity index (χ4v) is 3.66. The Bertz CT molecular complexity index is 1130. The topological polar surface area (TPSA) is 123 Å². The van der Waals surface area contributed by atoms with Crippen LogP contribution in [-0.2, 0) is 6.54 Å². The summed E-state index contributed by atoms with van der Waals surface area (Å²) in [5, 5.41) is 16.2. The minimum Gasteiger partial charge on any atom is -0.465 e. The van der Waals surface area contributed by atoms with Crippen LogP contribution in [0.15, 0.2) is 53.3 Å². The first kappa shape index (κ1) is 22.2. The van der Waals surface area contributed by atoms with E-state index in [1.807, 2.05) is 0 Å². The number of oxazole rings is 1. The molecule has 2 aromatic heterocycles. The number of nitrogens with one attached hydrogen (secondary N) is 1. The first-order valence-electron chi connectivity index (χ1n) is 9.78. The van der Waals surface area contributed by atoms with Gasteiger partial charge in [0.05, 0.1) is 18.8 Å². The number of amides is 2. The minimum absolute atomic E-state index is 0.0721. The van der Waals surface area contributed by atoms with Crippen LogP contribution in [0.1, 0.15) is 17.1 Å². The van der Waals surface area contributed by atoms with Gasteiger partial charge in [-0.2, -0.15) is 5.10 Å². The van der Waals surface area contributed by atoms with E-state index in [4.69, 9.17) is 4.42 Å². The van der Waals surface area contributed by atoms with E-state index < -0.39 is 30.2 Å². The van der Waals surface area contributed by atoms with Gasteiger partial charge in [-0.05, 0) is 24.6 Å². The van der Waals surface area contributed by atoms with Gasteiger partial charge < -0.3 is 24.5 Å². The highest BCUT2D eigenvalue weighted by atomic mass is 19.4. The zero-order chi connectivity index (χ0) is 23.6. The molecule has 10 nitrogen and oxygen atoms in total. The Morgan fingerprint density at radius 3 is 2.82 bits per heavy atom. The van der Waals surface area contributed by atoms with Crippen molar-refractivity contribution in [2.24, 2.45) is 0 Å². The number of hydrogen-bond donors (Lipinski definition) is 2. The van der Waals surface area contributed by atoms with E-state index in [-0.39, 0.29) is 29.8 Å². The van der Waals surface area contributed by atoms with Crippen LogP contribution in [0, 0.1) is 0 Å². The highest BCUT2D eigenvalue weighted by molar-refractivity contribution is 5.90. The summed E-state index contributed by atoms with van der Waals surface area (Å²) in [5.74, 6) is -1.34. The molecule has 0 aliphatic carbocycles. The lowest BCUT2D eigenvalue weighted by molar-refractivity contribution is -0.274. The fraction of sp³-hybridized carbons (Fsp3) is 0.300. The molecule has 0 spiro atoms. The summed E-state index contributed by atoms with van der Waals surface area (Å²) in [4.78, 5) is 29.3. The standard InChI is InChI=1S/C20H18F3N5O5/c21-20(22,23)33-15-4-1-3-12(7-15)16-9-24-18(32-16)17(29)26-13-8-14(28(10-13)19(30)31)11-27-6-2-5-25-27/h1-7,9,13-14H,8,10-11H2,(H,26,29)(H,30,31)/t13?,14-/m1/s1. The smallest absolute Gasteiger partial charge is 0.465 e. The van der Waals surface area contributed by atoms with E-state index in [9.17, 15) is 27.9 Å². The van der Waals surface area contributed by atoms with Crippen LogP contribution < -0.4 is 10.1 Å². The van der Waals surface area contributed by atoms with Crippen molar-refractivity contribution in [3.05, 3.63) is 54.8 Å². The molecule has 1 saturated heterocycles. The van der Waals surface area contributed by atoms with Gasteiger partial charge in [-0.3, -0.25) is 9.48 Å². The van der Waals surface area contributed by atoms with E-state index in [1.54, 1.807) is 23.1 Å². The number of aromatic nitrogens is 3. The summed E-state index contributed by atoms with van der Waals surface area (Å²) >= 11 is 0. The lowest BCUT2D eigenvalue weighted by atomic mass is 10.1. The average Bonchev–Trinajstić information content (AvgIpc) is 3.48. The SMILES string of the molecule is O=C(NC1C[C@H](Cn2cccn2)N(C(=O)O)C1)c1ncc(-c2cccc(OC(F)(F)F)c2)o1. The third-order valence-corrected chi connectivity index (χ3v) is 5.00. The zero-order valence-electron chi connectivity index (χ0n) is 16.9. The van der Waals surface area contributed by atoms with Crippen molar-refractivity contribution in [1.29, 1.82) is 0 Å². The molecule has 0 saturated carbocycles. The van der Waals surface area contributed by atoms with Gasteiger partial charge in [0.1, 0.15) is 5.75 Å². The van der Waals surface area contributed by atoms with Crippen molar-refractivity contribution in [3.8, 4) is 17.1 Å². The highest BCUT2D eigenvalue weighted by Gasteiger charge is 2.37. The predicted molar refractivity (Wildman–Crippen MR) is 105 cm³/mol. The Balaban J connectivity index is 1.42. The summed E-state index contributed by atoms with van der Waals surface area (Å²) in [5.41, 5.74) is 0.237. The van der Waals surface area contributed by atoms with E-state index >= 15 is 0 Å². The van der Waals surface area contributed by atoms with E-state index in [0.717, 1.165) is 12.1 Å². The molecule has 33 heavy (non-hydrogen) atoms. The molecule has 1 aromatic carbocycles. The Kier molecular flexibility index (Phi) is 5.94. The van der Waals surface area contributed by atoms with Crippen molar-refractivity contribution in [3.63, 3.8) is 0 Å². The largest absolute Gasteiger partial charge is 0.573 e. The maximum absolute atomic E-state index is 12.6. The summed E-state index contributed by atoms with van der Waals surface area (Å²) in [6.45, 7) is 0.419. The van der Waals surface area contributed by atoms with Gasteiger partial charge >= 0.3 is 18.4 Å². The molecule has 1 aliphatic heterocycles. The average molecular weight is 465 g/mol. The van der Waals surface area contributed by atoms with E-state index in [2.05, 4.69) is 20.1 Å². The number of ether oxygens (including phenoxy) is 1. The Morgan fingerprint density at radius 2 is 2.12 bits per heavy atom. The number of benzene rings is 1. The molecule has 13 heteroatoms. The second kappa shape index (κ2) is 8.84. The summed E-state index contributed by atoms with van der Waals surface area (Å²) < 4.78 is 48.2. The molecule has 0 radical (unpaired) electrons. The second-order valence-corrected chi connectivity index (χ2v) is 7.33. The number of carbonyl (C=O) groups is 2. The maximum atomic E-state index is 12.6. The van der Waals surface area contributed by atoms with Gasteiger partial charge in [-0.15, -0.1) is 13.2 Å². The predicted octanol–water partition coefficient (Wildman–Crippen LogP) is 2.99. The van der Waals surface area contributed by atoms with Crippen LogP contribution in [0.3, 0.4) is 0 Å². The number of likely N-dealkylation sites (tertiary alicyclic amines) is 1. The van der Waals surface area contributed by atoms with Gasteiger partial charge in [0.2, 0.25) is 0 Å². The number of halogens is 3. The molecule has 0 bridgehead atoms. The van der Waals surface area contributed by atoms with Crippen LogP contribution in [-0.4, -0.2) is 61.8 Å². The molecule has 3 aromatic rings. The fourth-order valence-electron chi connectivity index (χ4n) is 3.66. The number of carbonyl (C=O) groups excluding carboxylic acids is 1. The monoisotopic (exact) mass is 465 g/mol. The summed E-state index contributed by atoms with van der Waals surface area (Å²) in [7, 11) is 0. The van der Waals surface area contributed by atoms with Crippen LogP contribution in [0.5, 0.6) is 5.75 Å². The van der Waals surface area contributed by atoms with Crippen LogP contribution in [0.2, 0.25) is 0 Å². The molecule has 2 atom stereocenters. The second-order valence-electron chi connectivity index (χ2n) is 7.33. The van der Waals surface area contributed by atoms with Crippen LogP contribution in [0.4, 0.5) is 18.0 Å². The van der Waals surface area contributed by atoms with Gasteiger partial charge in [-0.1, -0.05) is 12.1 Å². The molecular formula is C20H18F3N5O5. The number of hydrogen-bond acceptors (Lipinski definition) is 6. The van der Waals surface area contributed by atoms with Crippen LogP contribution in [0.25, 0.3) is 11.3 Å². The minimum atomic E-state index is -4.84. The summed E-state index contributed by atoms with van der Waals surface area (Å²) in [6, 6.07) is 5.93. The quantitative estimate of drug-likeness (QED) is 0.574. The lowest BCUT2D eigenvalue weighted by Gasteiger charge is -2.20. The van der Waals surface area contributed by atoms with Crippen molar-refractivity contribution < 1.29 is 37.0 Å². The van der Waals surface area contributed by atoms with Crippen molar-refractivity contribution in [2.45, 2.75) is 31.4 Å². The number of rotatable bonds is 6. The number of carboxylic acid groups (broad SMARTS) is 1. The highest BCUT2D eigenvalue weighted by Crippen LogP contribution is 2.28. The van der Waals surface area contributed by atoms with E-state index in [1.165, 1.54) is 23.2 Å². The molecule has 174 valence electrons. The van der Waals surface area contributed by atoms with Crippen molar-refractivity contribution >= 4 is 12.0 Å². The maximum Gasteiger partial charge on any atom is 0.573 e. The normalized spacial score (nSPS) is 18.3. The van der Waals surface area contributed by atoms with E-state index in [0.29, 0.717) is 13.0 Å². The van der Waals surface area contributed by atoms with Gasteiger partial charge in [0.15, 0.2) is 5.76 Å². The third-order valence-electron chi connectivity index (χ3n) is 5.00. The van der Waals surface area contributed by atoms with Crippen molar-refractivity contribution in [1.82, 2.24) is 25.0 Å². The Labute approximate surface area is 184 Å². The number of nitrogens with zero attached hydrogens (tertiary/aromatic N) is 4. The Morgan fingerprint density at radius 1 is 1.30 bits per heavy atom. The lowest BCUT2D eigenvalue weighted by Crippen LogP contribution is -2.39. The Hall–Kier alpha value is -4.03. The molecule has 2 amide bonds. The summed E-state index contributed by atoms with van der Waals surface area (Å²) in [6.07, 6.45) is -1.07. The van der Waals surface area contributed by atoms with Gasteiger partial charge in [0, 0.05) is 30.5 Å². The number of alkyl halides is 3. The van der Waals surface area contributed by atoms with Crippen LogP contribution >= 0.6 is 0 Å². The van der Waals surface area contributed by atoms with Gasteiger partial charge in [0.25, 0.3) is 5.89 Å². The molecule has 2 N–H and O–H groups in total.